The number of fused-ring (bicyclic) bond motifs is 1. The smallest absolute Gasteiger partial charge is 0.306 e. The standard InChI is InChI=1S/C22H20O3/c1-25-22(24)15-20(16-7-3-2-4-8-16)14-21(23)19-12-11-17-9-5-6-10-18(17)13-19/h2-13,20H,14-15H2,1H3/t20-/m0/s1. The minimum atomic E-state index is -0.305. The number of hydrogen-bond donors (Lipinski definition) is 0. The minimum Gasteiger partial charge on any atom is -0.469 e. The molecule has 3 nitrogen and oxygen atoms in total. The highest BCUT2D eigenvalue weighted by molar-refractivity contribution is 6.00. The van der Waals surface area contributed by atoms with Gasteiger partial charge in [-0.2, -0.15) is 0 Å². The van der Waals surface area contributed by atoms with Gasteiger partial charge in [0.25, 0.3) is 0 Å². The van der Waals surface area contributed by atoms with Gasteiger partial charge in [0.15, 0.2) is 5.78 Å². The third-order valence-corrected chi connectivity index (χ3v) is 4.41. The Morgan fingerprint density at radius 1 is 0.840 bits per heavy atom. The van der Waals surface area contributed by atoms with E-state index in [1.54, 1.807) is 0 Å². The minimum absolute atomic E-state index is 0.0310. The Hall–Kier alpha value is -2.94. The van der Waals surface area contributed by atoms with Crippen molar-refractivity contribution in [2.45, 2.75) is 18.8 Å². The van der Waals surface area contributed by atoms with Crippen molar-refractivity contribution in [1.82, 2.24) is 0 Å². The topological polar surface area (TPSA) is 43.4 Å². The lowest BCUT2D eigenvalue weighted by molar-refractivity contribution is -0.141. The van der Waals surface area contributed by atoms with Crippen LogP contribution in [0.4, 0.5) is 0 Å². The van der Waals surface area contributed by atoms with Crippen molar-refractivity contribution >= 4 is 22.5 Å². The van der Waals surface area contributed by atoms with Crippen molar-refractivity contribution in [3.8, 4) is 0 Å². The van der Waals surface area contributed by atoms with Gasteiger partial charge in [-0.25, -0.2) is 0 Å². The average molecular weight is 332 g/mol. The van der Waals surface area contributed by atoms with Gasteiger partial charge in [-0.3, -0.25) is 9.59 Å². The molecule has 3 aromatic carbocycles. The third-order valence-electron chi connectivity index (χ3n) is 4.41. The summed E-state index contributed by atoms with van der Waals surface area (Å²) in [6.45, 7) is 0. The molecule has 0 spiro atoms. The van der Waals surface area contributed by atoms with Crippen LogP contribution in [0.15, 0.2) is 72.8 Å². The number of carbonyl (C=O) groups excluding carboxylic acids is 2. The zero-order chi connectivity index (χ0) is 17.6. The number of rotatable bonds is 6. The molecular weight excluding hydrogens is 312 g/mol. The Bertz CT molecular complexity index is 884. The quantitative estimate of drug-likeness (QED) is 0.483. The van der Waals surface area contributed by atoms with Crippen molar-refractivity contribution in [1.29, 1.82) is 0 Å². The van der Waals surface area contributed by atoms with E-state index in [1.807, 2.05) is 72.8 Å². The fourth-order valence-corrected chi connectivity index (χ4v) is 3.02. The molecule has 0 aliphatic carbocycles. The molecule has 0 heterocycles. The Kier molecular flexibility index (Phi) is 5.24. The molecule has 0 fully saturated rings. The monoisotopic (exact) mass is 332 g/mol. The van der Waals surface area contributed by atoms with E-state index in [2.05, 4.69) is 0 Å². The lowest BCUT2D eigenvalue weighted by atomic mass is 9.88. The Morgan fingerprint density at radius 2 is 1.52 bits per heavy atom. The van der Waals surface area contributed by atoms with Gasteiger partial charge in [0, 0.05) is 17.9 Å². The fourth-order valence-electron chi connectivity index (χ4n) is 3.02. The number of ether oxygens (including phenoxy) is 1. The van der Waals surface area contributed by atoms with Crippen LogP contribution >= 0.6 is 0 Å². The number of hydrogen-bond acceptors (Lipinski definition) is 3. The van der Waals surface area contributed by atoms with E-state index in [0.717, 1.165) is 16.3 Å². The Labute approximate surface area is 147 Å². The molecule has 0 saturated carbocycles. The van der Waals surface area contributed by atoms with E-state index in [4.69, 9.17) is 4.74 Å². The van der Waals surface area contributed by atoms with Gasteiger partial charge in [0.1, 0.15) is 0 Å². The van der Waals surface area contributed by atoms with Gasteiger partial charge in [0.05, 0.1) is 13.5 Å². The van der Waals surface area contributed by atoms with Crippen molar-refractivity contribution in [2.24, 2.45) is 0 Å². The van der Waals surface area contributed by atoms with Crippen LogP contribution in [0, 0.1) is 0 Å². The molecule has 0 bridgehead atoms. The first-order valence-corrected chi connectivity index (χ1v) is 8.31. The van der Waals surface area contributed by atoms with Crippen molar-refractivity contribution in [3.05, 3.63) is 83.9 Å². The van der Waals surface area contributed by atoms with Gasteiger partial charge in [-0.15, -0.1) is 0 Å². The van der Waals surface area contributed by atoms with Gasteiger partial charge in [0.2, 0.25) is 0 Å². The van der Waals surface area contributed by atoms with E-state index in [0.29, 0.717) is 5.56 Å². The number of ketones is 1. The van der Waals surface area contributed by atoms with Crippen LogP contribution in [0.25, 0.3) is 10.8 Å². The molecule has 3 heteroatoms. The van der Waals surface area contributed by atoms with Crippen LogP contribution in [0.3, 0.4) is 0 Å². The van der Waals surface area contributed by atoms with Gasteiger partial charge < -0.3 is 4.74 Å². The summed E-state index contributed by atoms with van der Waals surface area (Å²) in [5.74, 6) is -0.462. The normalized spacial score (nSPS) is 11.9. The van der Waals surface area contributed by atoms with Gasteiger partial charge in [-0.05, 0) is 22.4 Å². The summed E-state index contributed by atoms with van der Waals surface area (Å²) < 4.78 is 4.80. The van der Waals surface area contributed by atoms with Crippen LogP contribution in [0.2, 0.25) is 0 Å². The molecule has 0 aliphatic rings. The molecule has 0 saturated heterocycles. The number of carbonyl (C=O) groups is 2. The van der Waals surface area contributed by atoms with Crippen molar-refractivity contribution < 1.29 is 14.3 Å². The van der Waals surface area contributed by atoms with E-state index in [9.17, 15) is 9.59 Å². The maximum atomic E-state index is 12.8. The number of Topliss-reactive ketones (excluding diaryl/α,β-unsaturated/α-hetero) is 1. The van der Waals surface area contributed by atoms with E-state index in [-0.39, 0.29) is 30.5 Å². The molecule has 0 radical (unpaired) electrons. The average Bonchev–Trinajstić information content (AvgIpc) is 2.67. The lowest BCUT2D eigenvalue weighted by Crippen LogP contribution is -2.13. The fraction of sp³-hybridized carbons (Fsp3) is 0.182. The molecule has 3 aromatic rings. The summed E-state index contributed by atoms with van der Waals surface area (Å²) in [6.07, 6.45) is 0.470. The highest BCUT2D eigenvalue weighted by Gasteiger charge is 2.21. The lowest BCUT2D eigenvalue weighted by Gasteiger charge is -2.16. The second kappa shape index (κ2) is 7.75. The number of esters is 1. The van der Waals surface area contributed by atoms with Crippen LogP contribution < -0.4 is 0 Å². The van der Waals surface area contributed by atoms with Crippen molar-refractivity contribution in [2.75, 3.05) is 7.11 Å². The van der Waals surface area contributed by atoms with Crippen LogP contribution in [-0.4, -0.2) is 18.9 Å². The summed E-state index contributed by atoms with van der Waals surface area (Å²) in [6, 6.07) is 23.3. The molecule has 0 unspecified atom stereocenters. The molecule has 0 aromatic heterocycles. The van der Waals surface area contributed by atoms with Crippen LogP contribution in [0.5, 0.6) is 0 Å². The SMILES string of the molecule is COC(=O)C[C@H](CC(=O)c1ccc2ccccc2c1)c1ccccc1. The first kappa shape index (κ1) is 16.9. The van der Waals surface area contributed by atoms with Gasteiger partial charge in [-0.1, -0.05) is 66.7 Å². The predicted octanol–water partition coefficient (Wildman–Crippen LogP) is 4.76. The largest absolute Gasteiger partial charge is 0.469 e. The molecule has 25 heavy (non-hydrogen) atoms. The number of methoxy groups -OCH3 is 1. The Balaban J connectivity index is 1.84. The molecule has 0 N–H and O–H groups in total. The zero-order valence-electron chi connectivity index (χ0n) is 14.1. The zero-order valence-corrected chi connectivity index (χ0v) is 14.1. The summed E-state index contributed by atoms with van der Waals surface area (Å²) in [5.41, 5.74) is 1.64. The summed E-state index contributed by atoms with van der Waals surface area (Å²) in [4.78, 5) is 24.5. The van der Waals surface area contributed by atoms with E-state index < -0.39 is 0 Å². The summed E-state index contributed by atoms with van der Waals surface area (Å²) in [7, 11) is 1.37. The van der Waals surface area contributed by atoms with E-state index >= 15 is 0 Å². The Morgan fingerprint density at radius 3 is 2.24 bits per heavy atom. The van der Waals surface area contributed by atoms with Crippen LogP contribution in [0.1, 0.15) is 34.7 Å². The molecule has 126 valence electrons. The number of benzene rings is 3. The maximum Gasteiger partial charge on any atom is 0.306 e. The molecule has 0 amide bonds. The maximum absolute atomic E-state index is 12.8. The van der Waals surface area contributed by atoms with Crippen molar-refractivity contribution in [3.63, 3.8) is 0 Å². The summed E-state index contributed by atoms with van der Waals surface area (Å²) in [5, 5.41) is 2.14. The highest BCUT2D eigenvalue weighted by Crippen LogP contribution is 2.26. The third kappa shape index (κ3) is 4.13. The second-order valence-electron chi connectivity index (χ2n) is 6.08. The molecule has 0 aliphatic heterocycles. The summed E-state index contributed by atoms with van der Waals surface area (Å²) >= 11 is 0. The molecule has 3 rings (SSSR count). The van der Waals surface area contributed by atoms with E-state index in [1.165, 1.54) is 7.11 Å². The molecular formula is C22H20O3. The predicted molar refractivity (Wildman–Crippen MR) is 98.7 cm³/mol. The second-order valence-corrected chi connectivity index (χ2v) is 6.08. The first-order chi connectivity index (χ1) is 12.2. The molecule has 1 atom stereocenters. The van der Waals surface area contributed by atoms with Crippen LogP contribution in [-0.2, 0) is 9.53 Å². The van der Waals surface area contributed by atoms with Gasteiger partial charge >= 0.3 is 5.97 Å². The highest BCUT2D eigenvalue weighted by atomic mass is 16.5. The first-order valence-electron chi connectivity index (χ1n) is 8.31.